The Bertz CT molecular complexity index is 1040. The van der Waals surface area contributed by atoms with Crippen molar-refractivity contribution in [2.24, 2.45) is 0 Å². The second-order valence-corrected chi connectivity index (χ2v) is 6.88. The van der Waals surface area contributed by atoms with Crippen molar-refractivity contribution in [3.05, 3.63) is 94.1 Å². The van der Waals surface area contributed by atoms with Crippen molar-refractivity contribution in [1.82, 2.24) is 9.88 Å². The molecule has 29 heavy (non-hydrogen) atoms. The van der Waals surface area contributed by atoms with Crippen LogP contribution in [0.2, 0.25) is 0 Å². The Labute approximate surface area is 166 Å². The van der Waals surface area contributed by atoms with Crippen LogP contribution in [-0.4, -0.2) is 10.5 Å². The minimum atomic E-state index is -4.44. The van der Waals surface area contributed by atoms with E-state index in [1.807, 2.05) is 13.0 Å². The van der Waals surface area contributed by atoms with Crippen molar-refractivity contribution in [2.45, 2.75) is 33.1 Å². The Morgan fingerprint density at radius 2 is 1.76 bits per heavy atom. The highest BCUT2D eigenvalue weighted by Gasteiger charge is 2.30. The summed E-state index contributed by atoms with van der Waals surface area (Å²) in [4.78, 5) is 12.8. The number of aromatic nitrogens is 1. The fraction of sp³-hybridized carbons (Fsp3) is 0.227. The molecule has 3 nitrogen and oxygen atoms in total. The maximum absolute atomic E-state index is 14.0. The normalized spacial score (nSPS) is 11.5. The predicted octanol–water partition coefficient (Wildman–Crippen LogP) is 5.24. The molecule has 1 N–H and O–H groups in total. The Kier molecular flexibility index (Phi) is 5.77. The Morgan fingerprint density at radius 3 is 2.45 bits per heavy atom. The Balaban J connectivity index is 1.81. The molecule has 0 saturated carbocycles. The molecule has 0 fully saturated rings. The quantitative estimate of drug-likeness (QED) is 0.580. The number of benzene rings is 2. The number of carbonyl (C=O) groups excluding carboxylic acids is 1. The van der Waals surface area contributed by atoms with E-state index in [0.717, 1.165) is 17.8 Å². The third kappa shape index (κ3) is 4.67. The lowest BCUT2D eigenvalue weighted by Gasteiger charge is -2.14. The van der Waals surface area contributed by atoms with Gasteiger partial charge in [0.1, 0.15) is 11.5 Å². The number of nitrogens with one attached hydrogen (secondary N) is 1. The van der Waals surface area contributed by atoms with Gasteiger partial charge in [-0.3, -0.25) is 4.79 Å². The summed E-state index contributed by atoms with van der Waals surface area (Å²) in [6.07, 6.45) is -4.44. The van der Waals surface area contributed by atoms with Crippen LogP contribution in [0.1, 0.15) is 38.4 Å². The number of nitrogens with zero attached hydrogens (tertiary/aromatic N) is 1. The van der Waals surface area contributed by atoms with Gasteiger partial charge in [0.05, 0.1) is 12.1 Å². The number of amides is 1. The van der Waals surface area contributed by atoms with Crippen LogP contribution in [0, 0.1) is 19.7 Å². The summed E-state index contributed by atoms with van der Waals surface area (Å²) in [5.41, 5.74) is 1.88. The van der Waals surface area contributed by atoms with Crippen LogP contribution in [0.4, 0.5) is 17.6 Å². The number of hydrogen-bond donors (Lipinski definition) is 1. The van der Waals surface area contributed by atoms with Gasteiger partial charge in [0, 0.05) is 17.8 Å². The lowest BCUT2D eigenvalue weighted by molar-refractivity contribution is -0.137. The average molecular weight is 404 g/mol. The lowest BCUT2D eigenvalue weighted by Crippen LogP contribution is -2.27. The van der Waals surface area contributed by atoms with Crippen molar-refractivity contribution in [2.75, 3.05) is 0 Å². The molecule has 0 saturated heterocycles. The van der Waals surface area contributed by atoms with Gasteiger partial charge in [-0.15, -0.1) is 0 Å². The molecule has 0 bridgehead atoms. The summed E-state index contributed by atoms with van der Waals surface area (Å²) in [5, 5.41) is 2.67. The van der Waals surface area contributed by atoms with Gasteiger partial charge < -0.3 is 9.88 Å². The molecule has 0 aliphatic carbocycles. The zero-order valence-electron chi connectivity index (χ0n) is 16.0. The molecule has 0 aliphatic rings. The van der Waals surface area contributed by atoms with Crippen LogP contribution < -0.4 is 5.32 Å². The van der Waals surface area contributed by atoms with Gasteiger partial charge in [-0.25, -0.2) is 4.39 Å². The summed E-state index contributed by atoms with van der Waals surface area (Å²) in [6, 6.07) is 13.0. The van der Waals surface area contributed by atoms with Crippen LogP contribution in [0.5, 0.6) is 0 Å². The smallest absolute Gasteiger partial charge is 0.347 e. The number of rotatable bonds is 5. The average Bonchev–Trinajstić information content (AvgIpc) is 2.94. The first-order chi connectivity index (χ1) is 13.7. The van der Waals surface area contributed by atoms with Crippen molar-refractivity contribution < 1.29 is 22.4 Å². The zero-order valence-corrected chi connectivity index (χ0v) is 16.0. The summed E-state index contributed by atoms with van der Waals surface area (Å²) in [7, 11) is 0. The van der Waals surface area contributed by atoms with Crippen LogP contribution in [-0.2, 0) is 19.3 Å². The van der Waals surface area contributed by atoms with E-state index in [0.29, 0.717) is 22.4 Å². The third-order valence-corrected chi connectivity index (χ3v) is 4.70. The van der Waals surface area contributed by atoms with Gasteiger partial charge in [0.15, 0.2) is 0 Å². The second kappa shape index (κ2) is 8.11. The number of alkyl halides is 3. The van der Waals surface area contributed by atoms with Crippen molar-refractivity contribution in [3.63, 3.8) is 0 Å². The highest BCUT2D eigenvalue weighted by Crippen LogP contribution is 2.29. The molecule has 2 aromatic carbocycles. The van der Waals surface area contributed by atoms with E-state index in [-0.39, 0.29) is 18.9 Å². The first-order valence-electron chi connectivity index (χ1n) is 9.01. The molecule has 0 spiro atoms. The zero-order chi connectivity index (χ0) is 21.2. The maximum atomic E-state index is 14.0. The fourth-order valence-corrected chi connectivity index (χ4v) is 3.27. The molecule has 3 rings (SSSR count). The fourth-order valence-electron chi connectivity index (χ4n) is 3.27. The minimum Gasteiger partial charge on any atom is -0.347 e. The molecule has 3 aromatic rings. The molecular weight excluding hydrogens is 384 g/mol. The summed E-state index contributed by atoms with van der Waals surface area (Å²) >= 11 is 0. The Hall–Kier alpha value is -3.09. The minimum absolute atomic E-state index is 0.0495. The predicted molar refractivity (Wildman–Crippen MR) is 102 cm³/mol. The summed E-state index contributed by atoms with van der Waals surface area (Å²) in [6.45, 7) is 3.71. The molecule has 0 atom stereocenters. The molecule has 1 heterocycles. The number of hydrogen-bond acceptors (Lipinski definition) is 1. The van der Waals surface area contributed by atoms with Crippen molar-refractivity contribution >= 4 is 5.91 Å². The third-order valence-electron chi connectivity index (χ3n) is 4.70. The first kappa shape index (κ1) is 20.6. The van der Waals surface area contributed by atoms with Gasteiger partial charge >= 0.3 is 6.18 Å². The number of carbonyl (C=O) groups is 1. The SMILES string of the molecule is Cc1cc(C)n(Cc2ccccc2F)c1C(=O)NCc1cccc(C(F)(F)F)c1. The number of aryl methyl sites for hydroxylation is 2. The standard InChI is InChI=1S/C22H20F4N2O/c1-14-10-15(2)28(13-17-7-3-4-9-19(17)23)20(14)21(29)27-12-16-6-5-8-18(11-16)22(24,25)26/h3-11H,12-13H2,1-2H3,(H,27,29). The van der Waals surface area contributed by atoms with E-state index in [2.05, 4.69) is 5.32 Å². The largest absolute Gasteiger partial charge is 0.416 e. The van der Waals surface area contributed by atoms with E-state index >= 15 is 0 Å². The topological polar surface area (TPSA) is 34.0 Å². The lowest BCUT2D eigenvalue weighted by atomic mass is 10.1. The van der Waals surface area contributed by atoms with Gasteiger partial charge in [0.25, 0.3) is 5.91 Å². The molecular formula is C22H20F4N2O. The van der Waals surface area contributed by atoms with E-state index in [4.69, 9.17) is 0 Å². The Morgan fingerprint density at radius 1 is 1.03 bits per heavy atom. The highest BCUT2D eigenvalue weighted by molar-refractivity contribution is 5.94. The maximum Gasteiger partial charge on any atom is 0.416 e. The van der Waals surface area contributed by atoms with Gasteiger partial charge in [-0.2, -0.15) is 13.2 Å². The second-order valence-electron chi connectivity index (χ2n) is 6.88. The van der Waals surface area contributed by atoms with Crippen LogP contribution in [0.15, 0.2) is 54.6 Å². The first-order valence-corrected chi connectivity index (χ1v) is 9.01. The van der Waals surface area contributed by atoms with Gasteiger partial charge in [-0.1, -0.05) is 30.3 Å². The molecule has 1 aromatic heterocycles. The number of halogens is 4. The molecule has 0 unspecified atom stereocenters. The summed E-state index contributed by atoms with van der Waals surface area (Å²) < 4.78 is 54.3. The molecule has 152 valence electrons. The summed E-state index contributed by atoms with van der Waals surface area (Å²) in [5.74, 6) is -0.794. The van der Waals surface area contributed by atoms with E-state index in [1.165, 1.54) is 18.2 Å². The van der Waals surface area contributed by atoms with Crippen molar-refractivity contribution in [1.29, 1.82) is 0 Å². The van der Waals surface area contributed by atoms with Crippen LogP contribution in [0.3, 0.4) is 0 Å². The van der Waals surface area contributed by atoms with Crippen molar-refractivity contribution in [3.8, 4) is 0 Å². The van der Waals surface area contributed by atoms with Gasteiger partial charge in [-0.05, 0) is 49.2 Å². The van der Waals surface area contributed by atoms with E-state index in [9.17, 15) is 22.4 Å². The monoisotopic (exact) mass is 404 g/mol. The molecule has 1 amide bonds. The van der Waals surface area contributed by atoms with Crippen LogP contribution >= 0.6 is 0 Å². The molecule has 0 aliphatic heterocycles. The molecule has 7 heteroatoms. The van der Waals surface area contributed by atoms with E-state index in [1.54, 1.807) is 29.7 Å². The van der Waals surface area contributed by atoms with Crippen LogP contribution in [0.25, 0.3) is 0 Å². The molecule has 0 radical (unpaired) electrons. The van der Waals surface area contributed by atoms with Gasteiger partial charge in [0.2, 0.25) is 0 Å². The van der Waals surface area contributed by atoms with E-state index < -0.39 is 17.6 Å². The highest BCUT2D eigenvalue weighted by atomic mass is 19.4.